The molecule has 1 rings (SSSR count). The molecule has 0 aliphatic carbocycles. The first-order valence-corrected chi connectivity index (χ1v) is 10.8. The number of unbranched alkanes of at least 4 members (excludes halogenated alkanes) is 5. The Hall–Kier alpha value is -0.294. The van der Waals surface area contributed by atoms with Crippen LogP contribution >= 0.6 is 0 Å². The molecule has 0 spiro atoms. The SMILES string of the molecule is CCCCCCCCOC(=O)c1ccccc1C(=O)OCCCS(=O)(=O)[O-].[K+]. The van der Waals surface area contributed by atoms with Crippen molar-refractivity contribution in [2.75, 3.05) is 19.0 Å². The van der Waals surface area contributed by atoms with Crippen LogP contribution in [0.3, 0.4) is 0 Å². The Kier molecular flexibility index (Phi) is 15.4. The number of carbonyl (C=O) groups is 2. The van der Waals surface area contributed by atoms with E-state index in [1.54, 1.807) is 12.1 Å². The van der Waals surface area contributed by atoms with Crippen molar-refractivity contribution in [2.24, 2.45) is 0 Å². The maximum Gasteiger partial charge on any atom is 1.00 e. The first-order valence-electron chi connectivity index (χ1n) is 9.22. The number of esters is 2. The van der Waals surface area contributed by atoms with Gasteiger partial charge in [0, 0.05) is 5.75 Å². The molecule has 1 aromatic rings. The van der Waals surface area contributed by atoms with Crippen LogP contribution in [-0.4, -0.2) is 43.9 Å². The minimum Gasteiger partial charge on any atom is -0.748 e. The Bertz CT molecular complexity index is 704. The van der Waals surface area contributed by atoms with Crippen molar-refractivity contribution in [3.8, 4) is 0 Å². The van der Waals surface area contributed by atoms with Gasteiger partial charge >= 0.3 is 63.3 Å². The number of carbonyl (C=O) groups excluding carboxylic acids is 2. The standard InChI is InChI=1S/C19H28O7S.K/c1-2-3-4-5-6-9-13-25-18(20)16-11-7-8-12-17(16)19(21)26-14-10-15-27(22,23)24;/h7-8,11-12H,2-6,9-10,13-15H2,1H3,(H,22,23,24);/q;+1/p-1. The second kappa shape index (κ2) is 15.5. The summed E-state index contributed by atoms with van der Waals surface area (Å²) in [5.41, 5.74) is 0.153. The summed E-state index contributed by atoms with van der Waals surface area (Å²) >= 11 is 0. The molecule has 0 heterocycles. The number of benzene rings is 1. The van der Waals surface area contributed by atoms with Gasteiger partial charge in [-0.2, -0.15) is 0 Å². The third kappa shape index (κ3) is 12.3. The van der Waals surface area contributed by atoms with Crippen LogP contribution in [0.4, 0.5) is 0 Å². The van der Waals surface area contributed by atoms with Gasteiger partial charge in [-0.25, -0.2) is 18.0 Å². The minimum atomic E-state index is -4.34. The third-order valence-corrected chi connectivity index (χ3v) is 4.66. The van der Waals surface area contributed by atoms with Crippen LogP contribution in [0.1, 0.15) is 72.6 Å². The summed E-state index contributed by atoms with van der Waals surface area (Å²) in [6, 6.07) is 6.11. The second-order valence-electron chi connectivity index (χ2n) is 6.20. The smallest absolute Gasteiger partial charge is 0.748 e. The molecule has 1 aromatic carbocycles. The minimum absolute atomic E-state index is 0. The molecular weight excluding hydrogens is 411 g/mol. The molecule has 0 aliphatic heterocycles. The predicted molar refractivity (Wildman–Crippen MR) is 99.6 cm³/mol. The molecule has 7 nitrogen and oxygen atoms in total. The summed E-state index contributed by atoms with van der Waals surface area (Å²) in [5, 5.41) is 0. The monoisotopic (exact) mass is 438 g/mol. The molecule has 0 fully saturated rings. The normalized spacial score (nSPS) is 10.8. The van der Waals surface area contributed by atoms with E-state index in [2.05, 4.69) is 6.92 Å². The van der Waals surface area contributed by atoms with Crippen molar-refractivity contribution in [3.05, 3.63) is 35.4 Å². The van der Waals surface area contributed by atoms with E-state index < -0.39 is 27.8 Å². The Morgan fingerprint density at radius 1 is 0.857 bits per heavy atom. The first-order chi connectivity index (χ1) is 12.8. The summed E-state index contributed by atoms with van der Waals surface area (Å²) in [4.78, 5) is 24.3. The van der Waals surface area contributed by atoms with Gasteiger partial charge in [0.25, 0.3) is 0 Å². The summed E-state index contributed by atoms with van der Waals surface area (Å²) in [7, 11) is -4.34. The Balaban J connectivity index is 0.00000729. The molecule has 0 N–H and O–H groups in total. The van der Waals surface area contributed by atoms with Gasteiger partial charge in [0.2, 0.25) is 0 Å². The van der Waals surface area contributed by atoms with Gasteiger partial charge in [0.05, 0.1) is 34.5 Å². The van der Waals surface area contributed by atoms with Crippen molar-refractivity contribution < 1.29 is 83.4 Å². The molecule has 152 valence electrons. The zero-order valence-corrected chi connectivity index (χ0v) is 20.6. The fourth-order valence-corrected chi connectivity index (χ4v) is 2.91. The zero-order chi connectivity index (χ0) is 20.1. The van der Waals surface area contributed by atoms with E-state index in [1.807, 2.05) is 0 Å². The summed E-state index contributed by atoms with van der Waals surface area (Å²) in [5.74, 6) is -1.97. The maximum atomic E-state index is 12.2. The van der Waals surface area contributed by atoms with Crippen molar-refractivity contribution in [3.63, 3.8) is 0 Å². The second-order valence-corrected chi connectivity index (χ2v) is 7.72. The Morgan fingerprint density at radius 2 is 1.32 bits per heavy atom. The van der Waals surface area contributed by atoms with Crippen LogP contribution in [-0.2, 0) is 19.6 Å². The van der Waals surface area contributed by atoms with Gasteiger partial charge < -0.3 is 14.0 Å². The van der Waals surface area contributed by atoms with E-state index in [0.29, 0.717) is 0 Å². The van der Waals surface area contributed by atoms with Crippen LogP contribution < -0.4 is 51.4 Å². The van der Waals surface area contributed by atoms with E-state index in [0.717, 1.165) is 19.3 Å². The van der Waals surface area contributed by atoms with Gasteiger partial charge in [-0.3, -0.25) is 0 Å². The summed E-state index contributed by atoms with van der Waals surface area (Å²) in [6.07, 6.45) is 6.32. The summed E-state index contributed by atoms with van der Waals surface area (Å²) < 4.78 is 41.8. The number of hydrogen-bond donors (Lipinski definition) is 0. The van der Waals surface area contributed by atoms with Gasteiger partial charge in [-0.1, -0.05) is 51.2 Å². The number of ether oxygens (including phenoxy) is 2. The molecule has 0 radical (unpaired) electrons. The maximum absolute atomic E-state index is 12.2. The van der Waals surface area contributed by atoms with Crippen LogP contribution in [0.5, 0.6) is 0 Å². The van der Waals surface area contributed by atoms with Gasteiger partial charge in [-0.15, -0.1) is 0 Å². The largest absolute Gasteiger partial charge is 1.00 e. The fraction of sp³-hybridized carbons (Fsp3) is 0.579. The average Bonchev–Trinajstić information content (AvgIpc) is 2.63. The number of hydrogen-bond acceptors (Lipinski definition) is 7. The molecule has 0 saturated heterocycles. The molecule has 9 heteroatoms. The van der Waals surface area contributed by atoms with Crippen LogP contribution in [0.2, 0.25) is 0 Å². The Labute approximate surface area is 209 Å². The van der Waals surface area contributed by atoms with E-state index in [4.69, 9.17) is 9.47 Å². The fourth-order valence-electron chi connectivity index (χ4n) is 2.44. The molecule has 0 amide bonds. The van der Waals surface area contributed by atoms with E-state index in [1.165, 1.54) is 31.4 Å². The van der Waals surface area contributed by atoms with Crippen molar-refractivity contribution in [1.82, 2.24) is 0 Å². The zero-order valence-electron chi connectivity index (χ0n) is 16.6. The molecule has 28 heavy (non-hydrogen) atoms. The molecule has 0 aliphatic rings. The van der Waals surface area contributed by atoms with Crippen LogP contribution in [0.15, 0.2) is 24.3 Å². The van der Waals surface area contributed by atoms with Gasteiger partial charge in [0.1, 0.15) is 0 Å². The first kappa shape index (κ1) is 27.7. The van der Waals surface area contributed by atoms with Gasteiger partial charge in [0.15, 0.2) is 0 Å². The van der Waals surface area contributed by atoms with E-state index >= 15 is 0 Å². The molecule has 0 unspecified atom stereocenters. The van der Waals surface area contributed by atoms with Crippen LogP contribution in [0, 0.1) is 0 Å². The molecule has 0 aromatic heterocycles. The van der Waals surface area contributed by atoms with Crippen LogP contribution in [0.25, 0.3) is 0 Å². The van der Waals surface area contributed by atoms with Crippen molar-refractivity contribution in [2.45, 2.75) is 51.9 Å². The molecular formula is C19H27KO7S. The third-order valence-electron chi connectivity index (χ3n) is 3.87. The van der Waals surface area contributed by atoms with E-state index in [-0.39, 0.29) is 82.1 Å². The molecule has 0 saturated carbocycles. The number of rotatable bonds is 13. The van der Waals surface area contributed by atoms with E-state index in [9.17, 15) is 22.6 Å². The average molecular weight is 439 g/mol. The molecule has 0 bridgehead atoms. The van der Waals surface area contributed by atoms with Crippen molar-refractivity contribution in [1.29, 1.82) is 0 Å². The molecule has 0 atom stereocenters. The predicted octanol–water partition coefficient (Wildman–Crippen LogP) is 0.300. The summed E-state index contributed by atoms with van der Waals surface area (Å²) in [6.45, 7) is 2.22. The Morgan fingerprint density at radius 3 is 1.82 bits per heavy atom. The topological polar surface area (TPSA) is 110 Å². The van der Waals surface area contributed by atoms with Gasteiger partial charge in [-0.05, 0) is 25.0 Å². The quantitative estimate of drug-likeness (QED) is 0.189. The van der Waals surface area contributed by atoms with Crippen molar-refractivity contribution >= 4 is 22.1 Å².